The predicted octanol–water partition coefficient (Wildman–Crippen LogP) is 4.91. The van der Waals surface area contributed by atoms with E-state index in [9.17, 15) is 9.59 Å². The molecule has 0 aromatic heterocycles. The lowest BCUT2D eigenvalue weighted by Gasteiger charge is -2.16. The van der Waals surface area contributed by atoms with Crippen LogP contribution in [-0.2, 0) is 9.59 Å². The number of hydrogen-bond acceptors (Lipinski definition) is 5. The maximum Gasteiger partial charge on any atom is 0.272 e. The zero-order valence-corrected chi connectivity index (χ0v) is 17.9. The minimum Gasteiger partial charge on any atom is -0.494 e. The summed E-state index contributed by atoms with van der Waals surface area (Å²) in [4.78, 5) is 28.3. The second-order valence-corrected chi connectivity index (χ2v) is 8.29. The summed E-state index contributed by atoms with van der Waals surface area (Å²) < 4.78 is 11.0. The van der Waals surface area contributed by atoms with Crippen LogP contribution in [0.15, 0.2) is 53.4 Å². The smallest absolute Gasteiger partial charge is 0.272 e. The Kier molecular flexibility index (Phi) is 6.64. The van der Waals surface area contributed by atoms with Crippen molar-refractivity contribution in [1.29, 1.82) is 0 Å². The topological polar surface area (TPSA) is 55.8 Å². The van der Waals surface area contributed by atoms with E-state index in [4.69, 9.17) is 9.47 Å². The van der Waals surface area contributed by atoms with Crippen molar-refractivity contribution in [2.24, 2.45) is 0 Å². The molecular formula is C23H25NO4S. The van der Waals surface area contributed by atoms with Gasteiger partial charge in [0.15, 0.2) is 0 Å². The van der Waals surface area contributed by atoms with Crippen molar-refractivity contribution >= 4 is 34.8 Å². The summed E-state index contributed by atoms with van der Waals surface area (Å²) in [5.74, 6) is 0.730. The van der Waals surface area contributed by atoms with Crippen LogP contribution >= 0.6 is 11.8 Å². The lowest BCUT2D eigenvalue weighted by molar-refractivity contribution is -0.119. The van der Waals surface area contributed by atoms with E-state index in [0.717, 1.165) is 5.75 Å². The minimum absolute atomic E-state index is 0.161. The second-order valence-electron chi connectivity index (χ2n) is 6.70. The number of hydrogen-bond donors (Lipinski definition) is 0. The first kappa shape index (κ1) is 21.0. The molecule has 0 bridgehead atoms. The van der Waals surface area contributed by atoms with Gasteiger partial charge in [-0.1, -0.05) is 32.0 Å². The van der Waals surface area contributed by atoms with Crippen LogP contribution in [0.3, 0.4) is 0 Å². The molecule has 2 aromatic rings. The molecule has 0 saturated heterocycles. The number of nitrogens with zero attached hydrogens (tertiary/aromatic N) is 1. The Bertz CT molecular complexity index is 934. The zero-order chi connectivity index (χ0) is 21.0. The molecule has 0 atom stereocenters. The maximum absolute atomic E-state index is 13.4. The third kappa shape index (κ3) is 4.48. The van der Waals surface area contributed by atoms with Crippen molar-refractivity contribution in [2.45, 2.75) is 32.9 Å². The van der Waals surface area contributed by atoms with E-state index in [2.05, 4.69) is 0 Å². The third-order valence-electron chi connectivity index (χ3n) is 4.24. The van der Waals surface area contributed by atoms with Gasteiger partial charge >= 0.3 is 0 Å². The maximum atomic E-state index is 13.4. The Morgan fingerprint density at radius 3 is 2.17 bits per heavy atom. The molecule has 0 spiro atoms. The van der Waals surface area contributed by atoms with Gasteiger partial charge in [0.25, 0.3) is 11.8 Å². The Morgan fingerprint density at radius 1 is 0.897 bits per heavy atom. The number of benzene rings is 2. The molecule has 0 saturated carbocycles. The highest BCUT2D eigenvalue weighted by molar-refractivity contribution is 8.04. The van der Waals surface area contributed by atoms with Crippen LogP contribution in [0.25, 0.3) is 5.57 Å². The SMILES string of the molecule is CCOc1ccc(C2=C(SC(C)C)C(=O)N(c3cccc(OCC)c3)C2=O)cc1. The van der Waals surface area contributed by atoms with Crippen molar-refractivity contribution in [2.75, 3.05) is 18.1 Å². The molecular weight excluding hydrogens is 386 g/mol. The fraction of sp³-hybridized carbons (Fsp3) is 0.304. The monoisotopic (exact) mass is 411 g/mol. The van der Waals surface area contributed by atoms with Gasteiger partial charge in [0.2, 0.25) is 0 Å². The van der Waals surface area contributed by atoms with Gasteiger partial charge < -0.3 is 9.47 Å². The van der Waals surface area contributed by atoms with E-state index in [1.54, 1.807) is 18.2 Å². The van der Waals surface area contributed by atoms with Crippen molar-refractivity contribution < 1.29 is 19.1 Å². The minimum atomic E-state index is -0.323. The van der Waals surface area contributed by atoms with Crippen molar-refractivity contribution in [3.05, 3.63) is 59.0 Å². The van der Waals surface area contributed by atoms with Crippen molar-refractivity contribution in [1.82, 2.24) is 0 Å². The summed E-state index contributed by atoms with van der Waals surface area (Å²) >= 11 is 1.41. The average Bonchev–Trinajstić information content (AvgIpc) is 2.93. The highest BCUT2D eigenvalue weighted by atomic mass is 32.2. The van der Waals surface area contributed by atoms with Crippen LogP contribution in [0, 0.1) is 0 Å². The molecule has 1 heterocycles. The van der Waals surface area contributed by atoms with Crippen LogP contribution in [0.1, 0.15) is 33.3 Å². The van der Waals surface area contributed by atoms with Crippen LogP contribution in [0.2, 0.25) is 0 Å². The van der Waals surface area contributed by atoms with Crippen LogP contribution < -0.4 is 14.4 Å². The largest absolute Gasteiger partial charge is 0.494 e. The second kappa shape index (κ2) is 9.18. The summed E-state index contributed by atoms with van der Waals surface area (Å²) in [6, 6.07) is 14.3. The molecule has 0 radical (unpaired) electrons. The number of carbonyl (C=O) groups excluding carboxylic acids is 2. The highest BCUT2D eigenvalue weighted by Crippen LogP contribution is 2.40. The number of carbonyl (C=O) groups is 2. The molecule has 2 amide bonds. The average molecular weight is 412 g/mol. The summed E-state index contributed by atoms with van der Waals surface area (Å²) in [6.07, 6.45) is 0. The standard InChI is InChI=1S/C23H25NO4S/c1-5-27-18-12-10-16(11-13-18)20-21(29-15(3)4)23(26)24(22(20)25)17-8-7-9-19(14-17)28-6-2/h7-15H,5-6H2,1-4H3. The van der Waals surface area contributed by atoms with Gasteiger partial charge in [0, 0.05) is 11.3 Å². The summed E-state index contributed by atoms with van der Waals surface area (Å²) in [6.45, 7) is 8.89. The first-order valence-electron chi connectivity index (χ1n) is 9.72. The molecule has 0 aliphatic carbocycles. The number of thioether (sulfide) groups is 1. The van der Waals surface area contributed by atoms with Gasteiger partial charge in [-0.25, -0.2) is 4.90 Å². The zero-order valence-electron chi connectivity index (χ0n) is 17.1. The quantitative estimate of drug-likeness (QED) is 0.578. The Balaban J connectivity index is 2.02. The molecule has 29 heavy (non-hydrogen) atoms. The lowest BCUT2D eigenvalue weighted by atomic mass is 10.1. The fourth-order valence-electron chi connectivity index (χ4n) is 3.11. The van der Waals surface area contributed by atoms with E-state index in [1.807, 2.05) is 58.0 Å². The van der Waals surface area contributed by atoms with Crippen LogP contribution in [0.4, 0.5) is 5.69 Å². The number of rotatable bonds is 8. The van der Waals surface area contributed by atoms with E-state index >= 15 is 0 Å². The highest BCUT2D eigenvalue weighted by Gasteiger charge is 2.40. The molecule has 2 aromatic carbocycles. The molecule has 1 aliphatic rings. The molecule has 0 fully saturated rings. The summed E-state index contributed by atoms with van der Waals surface area (Å²) in [7, 11) is 0. The van der Waals surface area contributed by atoms with E-state index in [1.165, 1.54) is 16.7 Å². The molecule has 0 N–H and O–H groups in total. The summed E-state index contributed by atoms with van der Waals surface area (Å²) in [5.41, 5.74) is 1.64. The number of amides is 2. The Hall–Kier alpha value is -2.73. The molecule has 1 aliphatic heterocycles. The first-order chi connectivity index (χ1) is 14.0. The predicted molar refractivity (Wildman–Crippen MR) is 117 cm³/mol. The van der Waals surface area contributed by atoms with Gasteiger partial charge in [-0.05, 0) is 43.7 Å². The molecule has 5 nitrogen and oxygen atoms in total. The molecule has 3 rings (SSSR count). The van der Waals surface area contributed by atoms with Gasteiger partial charge in [-0.15, -0.1) is 11.8 Å². The van der Waals surface area contributed by atoms with Crippen LogP contribution in [0.5, 0.6) is 11.5 Å². The summed E-state index contributed by atoms with van der Waals surface area (Å²) in [5, 5.41) is 0.161. The number of imide groups is 1. The molecule has 152 valence electrons. The fourth-order valence-corrected chi connectivity index (χ4v) is 4.09. The van der Waals surface area contributed by atoms with E-state index in [-0.39, 0.29) is 17.1 Å². The third-order valence-corrected chi connectivity index (χ3v) is 5.32. The van der Waals surface area contributed by atoms with Gasteiger partial charge in [-0.2, -0.15) is 0 Å². The Labute approximate surface area is 175 Å². The van der Waals surface area contributed by atoms with Gasteiger partial charge in [0.1, 0.15) is 11.5 Å². The van der Waals surface area contributed by atoms with Crippen molar-refractivity contribution in [3.63, 3.8) is 0 Å². The molecule has 6 heteroatoms. The van der Waals surface area contributed by atoms with Gasteiger partial charge in [0.05, 0.1) is 29.4 Å². The van der Waals surface area contributed by atoms with E-state index < -0.39 is 0 Å². The van der Waals surface area contributed by atoms with Crippen LogP contribution in [-0.4, -0.2) is 30.3 Å². The molecule has 0 unspecified atom stereocenters. The normalized spacial score (nSPS) is 14.2. The van der Waals surface area contributed by atoms with Gasteiger partial charge in [-0.3, -0.25) is 9.59 Å². The lowest BCUT2D eigenvalue weighted by Crippen LogP contribution is -2.31. The van der Waals surface area contributed by atoms with Crippen molar-refractivity contribution in [3.8, 4) is 11.5 Å². The number of ether oxygens (including phenoxy) is 2. The first-order valence-corrected chi connectivity index (χ1v) is 10.6. The number of anilines is 1. The van der Waals surface area contributed by atoms with E-state index in [0.29, 0.717) is 40.7 Å². The Morgan fingerprint density at radius 2 is 1.55 bits per heavy atom.